The highest BCUT2D eigenvalue weighted by Gasteiger charge is 2.54. The van der Waals surface area contributed by atoms with Crippen molar-refractivity contribution in [1.82, 2.24) is 29.3 Å². The maximum absolute atomic E-state index is 14.9. The van der Waals surface area contributed by atoms with E-state index in [2.05, 4.69) is 19.8 Å². The lowest BCUT2D eigenvalue weighted by molar-refractivity contribution is -0.158. The Morgan fingerprint density at radius 3 is 1.88 bits per heavy atom. The summed E-state index contributed by atoms with van der Waals surface area (Å²) in [6.07, 6.45) is 2.85. The van der Waals surface area contributed by atoms with Crippen molar-refractivity contribution in [3.8, 4) is 0 Å². The van der Waals surface area contributed by atoms with Gasteiger partial charge in [0.05, 0.1) is 6.04 Å². The van der Waals surface area contributed by atoms with Gasteiger partial charge in [-0.1, -0.05) is 157 Å². The molecular formula is C53H47BN8O6S. The molecule has 3 amide bonds. The van der Waals surface area contributed by atoms with Crippen LogP contribution in [0.4, 0.5) is 5.13 Å². The molecule has 6 aromatic rings. The molecule has 10 rings (SSSR count). The van der Waals surface area contributed by atoms with Gasteiger partial charge in [-0.25, -0.2) is 4.79 Å². The van der Waals surface area contributed by atoms with E-state index in [4.69, 9.17) is 23.3 Å². The Hall–Kier alpha value is -7.69. The number of nitrogens with one attached hydrogen (secondary N) is 1. The fourth-order valence-corrected chi connectivity index (χ4v) is 10.3. The van der Waals surface area contributed by atoms with E-state index in [0.717, 1.165) is 45.8 Å². The van der Waals surface area contributed by atoms with Gasteiger partial charge in [-0.3, -0.25) is 19.3 Å². The van der Waals surface area contributed by atoms with Gasteiger partial charge in [0.25, 0.3) is 11.8 Å². The quantitative estimate of drug-likeness (QED) is 0.0243. The number of β-lactam (4-membered cyclic amide) rings is 1. The largest absolute Gasteiger partial charge is 0.448 e. The van der Waals surface area contributed by atoms with Gasteiger partial charge in [0.2, 0.25) is 23.0 Å². The SMILES string of the molecule is [B]N1CCC(N2CC/C(=C\C3=C(C(=O)OC(c4ccccc4)c4ccccc4)N4C(=O)C(NC(=O)/C(=N/OC(c5ccccc5)(c5ccccc5)c5ccccc5)c5nsc(N)n5)C4CC3)C2=O)C1. The summed E-state index contributed by atoms with van der Waals surface area (Å²) in [6, 6.07) is 45.6. The zero-order chi connectivity index (χ0) is 47.5. The number of anilines is 1. The predicted octanol–water partition coefficient (Wildman–Crippen LogP) is 6.23. The van der Waals surface area contributed by atoms with E-state index in [-0.39, 0.29) is 34.3 Å². The summed E-state index contributed by atoms with van der Waals surface area (Å²) in [4.78, 5) is 74.1. The van der Waals surface area contributed by atoms with Gasteiger partial charge in [-0.05, 0) is 55.0 Å². The van der Waals surface area contributed by atoms with Crippen LogP contribution in [0.5, 0.6) is 0 Å². The van der Waals surface area contributed by atoms with Crippen molar-refractivity contribution in [2.24, 2.45) is 5.16 Å². The summed E-state index contributed by atoms with van der Waals surface area (Å²) in [6.45, 7) is 1.80. The first kappa shape index (κ1) is 45.1. The molecule has 2 radical (unpaired) electrons. The zero-order valence-electron chi connectivity index (χ0n) is 37.5. The monoisotopic (exact) mass is 934 g/mol. The number of benzene rings is 5. The van der Waals surface area contributed by atoms with E-state index in [1.165, 1.54) is 4.90 Å². The molecule has 4 aliphatic rings. The lowest BCUT2D eigenvalue weighted by Crippen LogP contribution is -2.72. The van der Waals surface area contributed by atoms with Gasteiger partial charge in [-0.2, -0.15) is 9.36 Å². The molecule has 1 aromatic heterocycles. The van der Waals surface area contributed by atoms with Crippen LogP contribution in [0.15, 0.2) is 180 Å². The number of nitrogens with two attached hydrogens (primary N) is 1. The fraction of sp³-hybridized carbons (Fsp3) is 0.226. The second kappa shape index (κ2) is 19.5. The van der Waals surface area contributed by atoms with Crippen molar-refractivity contribution in [3.05, 3.63) is 208 Å². The standard InChI is InChI=1S/C53H47BN8O6S/c54-60-30-29-41(33-60)61-31-28-37(49(61)64)32-36-26-27-42-43(50(65)62(42)45(36)51(66)67-46(34-16-6-1-7-17-34)35-18-8-2-9-19-35)56-48(63)44(47-57-52(55)69-59-47)58-68-53(38-20-10-3-11-21-38,39-22-12-4-13-23-39)40-24-14-5-15-25-40/h1-25,32,41-43,46H,26-31,33H2,(H,56,63)(H2,55,57,59)/b37-32+,58-44+. The number of carbonyl (C=O) groups is 4. The molecule has 3 saturated heterocycles. The van der Waals surface area contributed by atoms with Crippen LogP contribution in [0.3, 0.4) is 0 Å². The number of ether oxygens (including phenoxy) is 1. The normalized spacial score (nSPS) is 20.3. The second-order valence-corrected chi connectivity index (χ2v) is 18.2. The minimum Gasteiger partial charge on any atom is -0.448 e. The van der Waals surface area contributed by atoms with Crippen LogP contribution >= 0.6 is 11.5 Å². The summed E-state index contributed by atoms with van der Waals surface area (Å²) in [5.41, 5.74) is 9.13. The van der Waals surface area contributed by atoms with E-state index in [9.17, 15) is 19.2 Å². The highest BCUT2D eigenvalue weighted by atomic mass is 32.1. The molecule has 0 spiro atoms. The topological polar surface area (TPSA) is 173 Å². The van der Waals surface area contributed by atoms with Crippen LogP contribution in [0, 0.1) is 0 Å². The fourth-order valence-electron chi connectivity index (χ4n) is 9.83. The highest BCUT2D eigenvalue weighted by Crippen LogP contribution is 2.42. The molecule has 16 heteroatoms. The van der Waals surface area contributed by atoms with Crippen LogP contribution < -0.4 is 11.1 Å². The van der Waals surface area contributed by atoms with Crippen LogP contribution in [0.2, 0.25) is 0 Å². The number of fused-ring (bicyclic) bond motifs is 1. The zero-order valence-corrected chi connectivity index (χ0v) is 38.3. The molecule has 0 saturated carbocycles. The maximum atomic E-state index is 14.9. The number of nitrogen functional groups attached to an aromatic ring is 1. The van der Waals surface area contributed by atoms with E-state index < -0.39 is 41.6 Å². The number of aromatic nitrogens is 2. The number of oxime groups is 1. The van der Waals surface area contributed by atoms with Crippen LogP contribution in [0.25, 0.3) is 0 Å². The third-order valence-electron chi connectivity index (χ3n) is 13.2. The minimum atomic E-state index is -1.36. The third kappa shape index (κ3) is 8.84. The van der Waals surface area contributed by atoms with Crippen LogP contribution in [-0.4, -0.2) is 99.1 Å². The Bertz CT molecular complexity index is 2820. The van der Waals surface area contributed by atoms with Gasteiger partial charge in [-0.15, -0.1) is 0 Å². The average Bonchev–Trinajstić information content (AvgIpc) is 4.13. The molecule has 69 heavy (non-hydrogen) atoms. The number of rotatable bonds is 14. The number of likely N-dealkylation sites (tertiary alicyclic amines) is 1. The van der Waals surface area contributed by atoms with Crippen molar-refractivity contribution in [2.45, 2.75) is 55.5 Å². The molecule has 0 aliphatic carbocycles. The van der Waals surface area contributed by atoms with Crippen LogP contribution in [0.1, 0.15) is 65.4 Å². The number of hydrogen-bond acceptors (Lipinski definition) is 12. The number of allylic oxidation sites excluding steroid dienone is 2. The van der Waals surface area contributed by atoms with Gasteiger partial charge >= 0.3 is 5.97 Å². The second-order valence-electron chi connectivity index (χ2n) is 17.4. The van der Waals surface area contributed by atoms with Crippen molar-refractivity contribution in [2.75, 3.05) is 25.4 Å². The molecule has 5 heterocycles. The smallest absolute Gasteiger partial charge is 0.356 e. The first-order valence-corrected chi connectivity index (χ1v) is 23.7. The first-order chi connectivity index (χ1) is 33.7. The molecule has 0 bridgehead atoms. The Morgan fingerprint density at radius 2 is 1.36 bits per heavy atom. The molecular weight excluding hydrogens is 888 g/mol. The summed E-state index contributed by atoms with van der Waals surface area (Å²) >= 11 is 0.883. The number of amides is 3. The molecule has 3 unspecified atom stereocenters. The van der Waals surface area contributed by atoms with E-state index in [1.54, 1.807) is 10.9 Å². The Morgan fingerprint density at radius 1 is 0.797 bits per heavy atom. The lowest BCUT2D eigenvalue weighted by Gasteiger charge is -2.50. The molecule has 3 atom stereocenters. The summed E-state index contributed by atoms with van der Waals surface area (Å²) in [5, 5.41) is 7.56. The van der Waals surface area contributed by atoms with Gasteiger partial charge < -0.3 is 30.3 Å². The molecule has 3 N–H and O–H groups in total. The van der Waals surface area contributed by atoms with Gasteiger partial charge in [0.15, 0.2) is 19.2 Å². The predicted molar refractivity (Wildman–Crippen MR) is 261 cm³/mol. The van der Waals surface area contributed by atoms with E-state index in [0.29, 0.717) is 50.0 Å². The van der Waals surface area contributed by atoms with Crippen molar-refractivity contribution in [3.63, 3.8) is 0 Å². The molecule has 4 aliphatic heterocycles. The third-order valence-corrected chi connectivity index (χ3v) is 13.8. The molecule has 344 valence electrons. The van der Waals surface area contributed by atoms with Gasteiger partial charge in [0.1, 0.15) is 11.7 Å². The number of esters is 1. The summed E-state index contributed by atoms with van der Waals surface area (Å²) in [7, 11) is 6.07. The molecule has 5 aromatic carbocycles. The average molecular weight is 935 g/mol. The molecule has 14 nitrogen and oxygen atoms in total. The number of carbonyl (C=O) groups excluding carboxylic acids is 4. The van der Waals surface area contributed by atoms with Gasteiger partial charge in [0, 0.05) is 52.9 Å². The van der Waals surface area contributed by atoms with E-state index >= 15 is 0 Å². The Balaban J connectivity index is 0.988. The highest BCUT2D eigenvalue weighted by molar-refractivity contribution is 7.09. The Kier molecular flexibility index (Phi) is 12.8. The maximum Gasteiger partial charge on any atom is 0.356 e. The van der Waals surface area contributed by atoms with E-state index in [1.807, 2.05) is 157 Å². The number of nitrogens with zero attached hydrogens (tertiary/aromatic N) is 6. The Labute approximate surface area is 404 Å². The van der Waals surface area contributed by atoms with Crippen LogP contribution in [-0.2, 0) is 34.4 Å². The first-order valence-electron chi connectivity index (χ1n) is 22.9. The summed E-state index contributed by atoms with van der Waals surface area (Å²) in [5.74, 6) is -2.29. The number of hydrogen-bond donors (Lipinski definition) is 2. The molecule has 3 fully saturated rings. The van der Waals surface area contributed by atoms with Crippen molar-refractivity contribution < 1.29 is 28.8 Å². The van der Waals surface area contributed by atoms with Crippen molar-refractivity contribution in [1.29, 1.82) is 0 Å². The minimum absolute atomic E-state index is 0.0115. The lowest BCUT2D eigenvalue weighted by atomic mass is 9.80. The summed E-state index contributed by atoms with van der Waals surface area (Å²) < 4.78 is 10.7. The van der Waals surface area contributed by atoms with Crippen molar-refractivity contribution >= 4 is 54.0 Å².